The van der Waals surface area contributed by atoms with Gasteiger partial charge in [-0.05, 0) is 32.4 Å². The quantitative estimate of drug-likeness (QED) is 0.660. The molecule has 0 spiro atoms. The summed E-state index contributed by atoms with van der Waals surface area (Å²) in [5.74, 6) is -0.00330. The Kier molecular flexibility index (Phi) is 3.86. The number of para-hydroxylation sites is 1. The van der Waals surface area contributed by atoms with E-state index in [9.17, 15) is 9.59 Å². The van der Waals surface area contributed by atoms with Crippen LogP contribution in [0.25, 0.3) is 4.96 Å². The van der Waals surface area contributed by atoms with Gasteiger partial charge in [0.25, 0.3) is 5.91 Å². The van der Waals surface area contributed by atoms with E-state index in [1.54, 1.807) is 21.1 Å². The zero-order chi connectivity index (χ0) is 19.6. The van der Waals surface area contributed by atoms with Gasteiger partial charge in [-0.25, -0.2) is 4.98 Å². The molecule has 1 unspecified atom stereocenters. The van der Waals surface area contributed by atoms with Gasteiger partial charge in [0.15, 0.2) is 9.83 Å². The fourth-order valence-electron chi connectivity index (χ4n) is 4.18. The number of anilines is 1. The third-order valence-corrected chi connectivity index (χ3v) is 7.84. The maximum Gasteiger partial charge on any atom is 0.259 e. The summed E-state index contributed by atoms with van der Waals surface area (Å²) in [5.41, 5.74) is 2.81. The van der Waals surface area contributed by atoms with Crippen LogP contribution in [0.2, 0.25) is 0 Å². The monoisotopic (exact) mass is 412 g/mol. The highest BCUT2D eigenvalue weighted by Crippen LogP contribution is 2.56. The molecule has 1 fully saturated rings. The van der Waals surface area contributed by atoms with Gasteiger partial charge in [-0.1, -0.05) is 23.9 Å². The number of fused-ring (bicyclic) bond motifs is 4. The molecular weight excluding hydrogens is 392 g/mol. The number of aromatic nitrogens is 2. The minimum atomic E-state index is -0.863. The lowest BCUT2D eigenvalue weighted by atomic mass is 10.1. The Morgan fingerprint density at radius 3 is 2.93 bits per heavy atom. The third kappa shape index (κ3) is 2.37. The normalized spacial score (nSPS) is 20.7. The number of hydrogen-bond donors (Lipinski definition) is 0. The van der Waals surface area contributed by atoms with E-state index in [1.165, 1.54) is 16.6 Å². The number of nitrogens with zero attached hydrogens (tertiary/aromatic N) is 4. The Bertz CT molecular complexity index is 1130. The lowest BCUT2D eigenvalue weighted by Gasteiger charge is -2.33. The number of thiazole rings is 1. The van der Waals surface area contributed by atoms with Crippen LogP contribution in [0.3, 0.4) is 0 Å². The summed E-state index contributed by atoms with van der Waals surface area (Å²) in [6, 6.07) is 7.78. The number of thioether (sulfide) groups is 1. The number of likely N-dealkylation sites (N-methyl/N-ethyl adjacent to an activating group) is 1. The van der Waals surface area contributed by atoms with E-state index in [4.69, 9.17) is 0 Å². The predicted molar refractivity (Wildman–Crippen MR) is 111 cm³/mol. The summed E-state index contributed by atoms with van der Waals surface area (Å²) in [7, 11) is 1.82. The van der Waals surface area contributed by atoms with E-state index in [-0.39, 0.29) is 11.8 Å². The van der Waals surface area contributed by atoms with Crippen LogP contribution >= 0.6 is 23.1 Å². The molecule has 28 heavy (non-hydrogen) atoms. The second-order valence-electron chi connectivity index (χ2n) is 7.38. The standard InChI is InChI=1S/C20H20N4O2S2/c1-12-10-23-15(13(2)21-19(23)27-12)11-22(3)18(26)20-9-8-17(25)24(20)14-6-4-5-7-16(14)28-20/h4-7,10H,8-9,11H2,1-3H3. The van der Waals surface area contributed by atoms with Crippen LogP contribution in [0, 0.1) is 13.8 Å². The van der Waals surface area contributed by atoms with Crippen molar-refractivity contribution < 1.29 is 9.59 Å². The fraction of sp³-hybridized carbons (Fsp3) is 0.350. The molecule has 6 nitrogen and oxygen atoms in total. The van der Waals surface area contributed by atoms with Crippen LogP contribution in [0.4, 0.5) is 5.69 Å². The number of benzene rings is 1. The summed E-state index contributed by atoms with van der Waals surface area (Å²) in [4.78, 5) is 36.6. The van der Waals surface area contributed by atoms with Gasteiger partial charge in [-0.2, -0.15) is 0 Å². The summed E-state index contributed by atoms with van der Waals surface area (Å²) in [6.45, 7) is 4.50. The molecule has 1 atom stereocenters. The lowest BCUT2D eigenvalue weighted by Crippen LogP contribution is -2.52. The number of carbonyl (C=O) groups is 2. The summed E-state index contributed by atoms with van der Waals surface area (Å²) < 4.78 is 2.07. The molecule has 2 aliphatic rings. The van der Waals surface area contributed by atoms with E-state index >= 15 is 0 Å². The maximum absolute atomic E-state index is 13.6. The topological polar surface area (TPSA) is 57.9 Å². The molecule has 1 aromatic carbocycles. The number of hydrogen-bond acceptors (Lipinski definition) is 5. The van der Waals surface area contributed by atoms with Gasteiger partial charge in [0.2, 0.25) is 5.91 Å². The van der Waals surface area contributed by atoms with Gasteiger partial charge in [0.05, 0.1) is 23.6 Å². The van der Waals surface area contributed by atoms with E-state index in [1.807, 2.05) is 38.2 Å². The van der Waals surface area contributed by atoms with Crippen molar-refractivity contribution >= 4 is 45.6 Å². The third-order valence-electron chi connectivity index (χ3n) is 5.48. The molecule has 2 amide bonds. The fourth-order valence-corrected chi connectivity index (χ4v) is 6.58. The molecule has 0 N–H and O–H groups in total. The van der Waals surface area contributed by atoms with Crippen LogP contribution < -0.4 is 4.90 Å². The first-order valence-electron chi connectivity index (χ1n) is 9.21. The van der Waals surface area contributed by atoms with Crippen molar-refractivity contribution in [3.05, 3.63) is 46.7 Å². The van der Waals surface area contributed by atoms with Crippen LogP contribution in [-0.2, 0) is 16.1 Å². The number of amides is 2. The summed E-state index contributed by atoms with van der Waals surface area (Å²) in [5, 5.41) is 0. The molecule has 0 bridgehead atoms. The van der Waals surface area contributed by atoms with Gasteiger partial charge in [0, 0.05) is 29.4 Å². The first-order valence-corrected chi connectivity index (χ1v) is 10.8. The van der Waals surface area contributed by atoms with E-state index in [0.717, 1.165) is 26.9 Å². The number of carbonyl (C=O) groups excluding carboxylic acids is 2. The molecule has 2 aromatic heterocycles. The van der Waals surface area contributed by atoms with Crippen molar-refractivity contribution in [2.24, 2.45) is 0 Å². The smallest absolute Gasteiger partial charge is 0.259 e. The second-order valence-corrected chi connectivity index (χ2v) is 9.92. The largest absolute Gasteiger partial charge is 0.337 e. The molecule has 3 aromatic rings. The minimum absolute atomic E-state index is 0.0237. The van der Waals surface area contributed by atoms with Gasteiger partial charge >= 0.3 is 0 Å². The highest BCUT2D eigenvalue weighted by atomic mass is 32.2. The van der Waals surface area contributed by atoms with Crippen molar-refractivity contribution in [2.75, 3.05) is 11.9 Å². The zero-order valence-electron chi connectivity index (χ0n) is 15.9. The van der Waals surface area contributed by atoms with Crippen LogP contribution in [-0.4, -0.2) is 38.0 Å². The van der Waals surface area contributed by atoms with Crippen LogP contribution in [0.15, 0.2) is 35.4 Å². The molecule has 2 aliphatic heterocycles. The highest BCUT2D eigenvalue weighted by Gasteiger charge is 2.58. The van der Waals surface area contributed by atoms with Crippen molar-refractivity contribution in [2.45, 2.75) is 43.0 Å². The van der Waals surface area contributed by atoms with E-state index in [0.29, 0.717) is 19.4 Å². The van der Waals surface area contributed by atoms with Gasteiger partial charge < -0.3 is 4.90 Å². The Morgan fingerprint density at radius 2 is 2.11 bits per heavy atom. The molecule has 4 heterocycles. The Hall–Kier alpha value is -2.32. The minimum Gasteiger partial charge on any atom is -0.337 e. The lowest BCUT2D eigenvalue weighted by molar-refractivity contribution is -0.133. The maximum atomic E-state index is 13.6. The molecule has 8 heteroatoms. The summed E-state index contributed by atoms with van der Waals surface area (Å²) >= 11 is 3.16. The molecule has 1 saturated heterocycles. The first kappa shape index (κ1) is 17.8. The van der Waals surface area contributed by atoms with Gasteiger partial charge in [-0.15, -0.1) is 11.3 Å². The Morgan fingerprint density at radius 1 is 1.32 bits per heavy atom. The van der Waals surface area contributed by atoms with Crippen molar-refractivity contribution in [3.63, 3.8) is 0 Å². The zero-order valence-corrected chi connectivity index (χ0v) is 17.6. The average Bonchev–Trinajstić information content (AvgIpc) is 3.36. The molecule has 5 rings (SSSR count). The van der Waals surface area contributed by atoms with E-state index < -0.39 is 4.87 Å². The Labute approximate surface area is 171 Å². The highest BCUT2D eigenvalue weighted by molar-refractivity contribution is 8.02. The van der Waals surface area contributed by atoms with Crippen LogP contribution in [0.5, 0.6) is 0 Å². The summed E-state index contributed by atoms with van der Waals surface area (Å²) in [6.07, 6.45) is 3.00. The molecule has 144 valence electrons. The number of rotatable bonds is 3. The van der Waals surface area contributed by atoms with Gasteiger partial charge in [0.1, 0.15) is 0 Å². The van der Waals surface area contributed by atoms with Crippen molar-refractivity contribution in [1.82, 2.24) is 14.3 Å². The predicted octanol–water partition coefficient (Wildman–Crippen LogP) is 3.60. The first-order chi connectivity index (χ1) is 13.4. The average molecular weight is 413 g/mol. The van der Waals surface area contributed by atoms with Crippen molar-refractivity contribution in [3.8, 4) is 0 Å². The Balaban J connectivity index is 1.49. The SMILES string of the molecule is Cc1cn2c(CN(C)C(=O)C34CCC(=O)N3c3ccccc3S4)c(C)nc2s1. The molecular formula is C20H20N4O2S2. The number of aryl methyl sites for hydroxylation is 2. The van der Waals surface area contributed by atoms with Crippen LogP contribution in [0.1, 0.15) is 29.1 Å². The molecule has 0 aliphatic carbocycles. The van der Waals surface area contributed by atoms with Gasteiger partial charge in [-0.3, -0.25) is 18.9 Å². The second kappa shape index (κ2) is 6.09. The molecule has 0 saturated carbocycles. The van der Waals surface area contributed by atoms with Crippen molar-refractivity contribution in [1.29, 1.82) is 0 Å². The van der Waals surface area contributed by atoms with E-state index in [2.05, 4.69) is 22.5 Å². The molecule has 0 radical (unpaired) electrons. The number of imidazole rings is 1.